The summed E-state index contributed by atoms with van der Waals surface area (Å²) in [4.78, 5) is 4.75. The van der Waals surface area contributed by atoms with Gasteiger partial charge in [0.2, 0.25) is 7.28 Å². The minimum Gasteiger partial charge on any atom is -0.347 e. The molecule has 0 N–H and O–H groups in total. The molecule has 0 aliphatic carbocycles. The SMILES string of the molecule is CC(C=CCC(c1ccccc1)c1ccccc1)[SiH2]Cn1ccnc1[B]C(c1ccccc1)c1ccccc1. The maximum absolute atomic E-state index is 4.75. The monoisotopic (exact) mass is 523 g/mol. The predicted molar refractivity (Wildman–Crippen MR) is 169 cm³/mol. The van der Waals surface area contributed by atoms with Gasteiger partial charge in [-0.3, -0.25) is 4.98 Å². The van der Waals surface area contributed by atoms with Crippen molar-refractivity contribution >= 4 is 22.5 Å². The molecule has 1 heterocycles. The van der Waals surface area contributed by atoms with Crippen LogP contribution in [0.5, 0.6) is 0 Å². The highest BCUT2D eigenvalue weighted by molar-refractivity contribution is 6.54. The van der Waals surface area contributed by atoms with E-state index in [1.807, 2.05) is 6.20 Å². The van der Waals surface area contributed by atoms with Crippen LogP contribution in [0.3, 0.4) is 0 Å². The Hall–Kier alpha value is -3.89. The molecule has 1 atom stereocenters. The Balaban J connectivity index is 1.22. The zero-order valence-corrected chi connectivity index (χ0v) is 24.1. The van der Waals surface area contributed by atoms with Crippen molar-refractivity contribution in [3.05, 3.63) is 168 Å². The third-order valence-electron chi connectivity index (χ3n) is 7.45. The van der Waals surface area contributed by atoms with Gasteiger partial charge in [-0.25, -0.2) is 0 Å². The van der Waals surface area contributed by atoms with E-state index in [2.05, 4.69) is 158 Å². The summed E-state index contributed by atoms with van der Waals surface area (Å²) in [5, 5.41) is 0. The van der Waals surface area contributed by atoms with Crippen molar-refractivity contribution in [1.82, 2.24) is 9.55 Å². The van der Waals surface area contributed by atoms with Gasteiger partial charge < -0.3 is 4.57 Å². The van der Waals surface area contributed by atoms with Crippen LogP contribution in [-0.4, -0.2) is 26.4 Å². The first-order valence-corrected chi connectivity index (χ1v) is 15.8. The van der Waals surface area contributed by atoms with Gasteiger partial charge in [-0.1, -0.05) is 140 Å². The number of benzene rings is 4. The van der Waals surface area contributed by atoms with Crippen molar-refractivity contribution in [3.8, 4) is 0 Å². The fourth-order valence-corrected chi connectivity index (χ4v) is 6.69. The molecule has 0 saturated carbocycles. The Morgan fingerprint density at radius 1 is 0.718 bits per heavy atom. The lowest BCUT2D eigenvalue weighted by atomic mass is 9.58. The molecule has 1 unspecified atom stereocenters. The van der Waals surface area contributed by atoms with E-state index in [0.29, 0.717) is 11.5 Å². The molecule has 193 valence electrons. The molecule has 2 nitrogen and oxygen atoms in total. The number of allylic oxidation sites excluding steroid dienone is 2. The van der Waals surface area contributed by atoms with Gasteiger partial charge in [-0.15, -0.1) is 0 Å². The summed E-state index contributed by atoms with van der Waals surface area (Å²) in [6.07, 6.45) is 11.0. The maximum atomic E-state index is 4.75. The highest BCUT2D eigenvalue weighted by Gasteiger charge is 2.19. The fraction of sp³-hybridized carbons (Fsp3) is 0.171. The maximum Gasteiger partial charge on any atom is 0.215 e. The topological polar surface area (TPSA) is 17.8 Å². The molecule has 0 bridgehead atoms. The second kappa shape index (κ2) is 13.8. The molecule has 0 spiro atoms. The van der Waals surface area contributed by atoms with Crippen molar-refractivity contribution in [3.63, 3.8) is 0 Å². The molecule has 0 saturated heterocycles. The van der Waals surface area contributed by atoms with Gasteiger partial charge in [0.05, 0.1) is 15.2 Å². The lowest BCUT2D eigenvalue weighted by molar-refractivity contribution is 0.825. The molecule has 0 aliphatic heterocycles. The van der Waals surface area contributed by atoms with Crippen LogP contribution in [0.25, 0.3) is 0 Å². The van der Waals surface area contributed by atoms with Crippen LogP contribution in [0, 0.1) is 0 Å². The first kappa shape index (κ1) is 26.7. The first-order chi connectivity index (χ1) is 19.3. The Morgan fingerprint density at radius 2 is 1.21 bits per heavy atom. The molecule has 39 heavy (non-hydrogen) atoms. The highest BCUT2D eigenvalue weighted by atomic mass is 28.2. The van der Waals surface area contributed by atoms with E-state index < -0.39 is 0 Å². The molecule has 4 heteroatoms. The lowest BCUT2D eigenvalue weighted by Crippen LogP contribution is -2.33. The van der Waals surface area contributed by atoms with Crippen molar-refractivity contribution in [1.29, 1.82) is 0 Å². The zero-order valence-electron chi connectivity index (χ0n) is 22.7. The van der Waals surface area contributed by atoms with Gasteiger partial charge in [0, 0.05) is 24.5 Å². The van der Waals surface area contributed by atoms with Crippen molar-refractivity contribution in [2.45, 2.75) is 36.8 Å². The Labute approximate surface area is 236 Å². The number of rotatable bonds is 12. The van der Waals surface area contributed by atoms with Crippen LogP contribution in [0.4, 0.5) is 0 Å². The van der Waals surface area contributed by atoms with E-state index in [4.69, 9.17) is 4.98 Å². The molecule has 1 aromatic heterocycles. The van der Waals surface area contributed by atoms with Crippen LogP contribution in [-0.2, 0) is 6.17 Å². The standard InChI is InChI=1S/C35H36BN2Si/c1-28(15-14-24-33(29-16-6-2-7-17-29)30-18-8-3-9-19-30)39-27-38-26-25-37-35(38)36-34(31-20-10-4-11-21-31)32-22-12-5-13-23-32/h2-23,25-26,28,33-34H,24,27,39H2,1H3. The quantitative estimate of drug-likeness (QED) is 0.131. The normalized spacial score (nSPS) is 12.6. The number of aromatic nitrogens is 2. The molecule has 4 aromatic carbocycles. The van der Waals surface area contributed by atoms with Crippen molar-refractivity contribution in [2.24, 2.45) is 0 Å². The molecule has 5 rings (SSSR count). The van der Waals surface area contributed by atoms with Crippen LogP contribution in [0.1, 0.15) is 47.3 Å². The van der Waals surface area contributed by atoms with E-state index in [1.165, 1.54) is 22.3 Å². The van der Waals surface area contributed by atoms with E-state index in [1.54, 1.807) is 0 Å². The van der Waals surface area contributed by atoms with Gasteiger partial charge in [0.25, 0.3) is 0 Å². The number of nitrogens with zero attached hydrogens (tertiary/aromatic N) is 2. The van der Waals surface area contributed by atoms with Gasteiger partial charge >= 0.3 is 0 Å². The second-order valence-corrected chi connectivity index (χ2v) is 12.6. The fourth-order valence-electron chi connectivity index (χ4n) is 5.24. The Morgan fingerprint density at radius 3 is 1.72 bits per heavy atom. The summed E-state index contributed by atoms with van der Waals surface area (Å²) in [5.74, 6) is 0.570. The van der Waals surface area contributed by atoms with Crippen LogP contribution in [0.15, 0.2) is 146 Å². The predicted octanol–water partition coefficient (Wildman–Crippen LogP) is 6.72. The summed E-state index contributed by atoms with van der Waals surface area (Å²) >= 11 is 0. The third kappa shape index (κ3) is 7.36. The highest BCUT2D eigenvalue weighted by Crippen LogP contribution is 2.28. The summed E-state index contributed by atoms with van der Waals surface area (Å²) in [6, 6.07) is 43.2. The van der Waals surface area contributed by atoms with Gasteiger partial charge in [-0.2, -0.15) is 0 Å². The average Bonchev–Trinajstić information content (AvgIpc) is 3.46. The minimum absolute atomic E-state index is 0.181. The number of hydrogen-bond acceptors (Lipinski definition) is 1. The molecule has 0 aliphatic rings. The lowest BCUT2D eigenvalue weighted by Gasteiger charge is -2.18. The van der Waals surface area contributed by atoms with Gasteiger partial charge in [0.1, 0.15) is 0 Å². The molecule has 1 radical (unpaired) electrons. The Kier molecular flexibility index (Phi) is 9.43. The summed E-state index contributed by atoms with van der Waals surface area (Å²) < 4.78 is 2.35. The largest absolute Gasteiger partial charge is 0.347 e. The van der Waals surface area contributed by atoms with Gasteiger partial charge in [-0.05, 0) is 40.0 Å². The number of imidazole rings is 1. The summed E-state index contributed by atoms with van der Waals surface area (Å²) in [7, 11) is 1.95. The minimum atomic E-state index is -0.368. The number of hydrogen-bond donors (Lipinski definition) is 0. The van der Waals surface area contributed by atoms with Crippen molar-refractivity contribution < 1.29 is 0 Å². The average molecular weight is 524 g/mol. The first-order valence-electron chi connectivity index (χ1n) is 14.0. The third-order valence-corrected chi connectivity index (χ3v) is 9.37. The van der Waals surface area contributed by atoms with Crippen LogP contribution >= 0.6 is 0 Å². The summed E-state index contributed by atoms with van der Waals surface area (Å²) in [5.41, 5.74) is 7.01. The van der Waals surface area contributed by atoms with Crippen LogP contribution < -0.4 is 5.72 Å². The smallest absolute Gasteiger partial charge is 0.215 e. The Bertz CT molecular complexity index is 1340. The van der Waals surface area contributed by atoms with E-state index in [9.17, 15) is 0 Å². The van der Waals surface area contributed by atoms with Gasteiger partial charge in [0.15, 0.2) is 0 Å². The summed E-state index contributed by atoms with van der Waals surface area (Å²) in [6.45, 7) is 2.37. The molecule has 0 fully saturated rings. The molecule has 0 amide bonds. The van der Waals surface area contributed by atoms with Crippen LogP contribution in [0.2, 0.25) is 5.54 Å². The van der Waals surface area contributed by atoms with E-state index in [0.717, 1.165) is 18.3 Å². The molecule has 5 aromatic rings. The second-order valence-electron chi connectivity index (χ2n) is 10.2. The van der Waals surface area contributed by atoms with E-state index >= 15 is 0 Å². The van der Waals surface area contributed by atoms with Crippen molar-refractivity contribution in [2.75, 3.05) is 0 Å². The van der Waals surface area contributed by atoms with E-state index in [-0.39, 0.29) is 15.3 Å². The zero-order chi connectivity index (χ0) is 26.7. The molecular formula is C35H36BN2Si. The molecular weight excluding hydrogens is 487 g/mol.